The van der Waals surface area contributed by atoms with Gasteiger partial charge in [-0.15, -0.1) is 0 Å². The predicted molar refractivity (Wildman–Crippen MR) is 123 cm³/mol. The molecule has 0 bridgehead atoms. The summed E-state index contributed by atoms with van der Waals surface area (Å²) in [6, 6.07) is 9.38. The van der Waals surface area contributed by atoms with E-state index in [0.29, 0.717) is 26.3 Å². The van der Waals surface area contributed by atoms with Crippen LogP contribution in [0.1, 0.15) is 35.3 Å². The lowest BCUT2D eigenvalue weighted by Crippen LogP contribution is -2.30. The number of nitrogens with two attached hydrogens (primary N) is 1. The Labute approximate surface area is 190 Å². The first-order valence-electron chi connectivity index (χ1n) is 9.76. The number of aromatic nitrogens is 2. The SMILES string of the molecule is Cc1cn(-c2cc(-c3ccc(Cl)cc3)c(Cl)c(N3CCCCC3)c2Cl)nc1C(N)=O. The second-order valence-electron chi connectivity index (χ2n) is 7.44. The molecule has 0 aliphatic carbocycles. The normalized spacial score (nSPS) is 14.2. The monoisotopic (exact) mass is 462 g/mol. The molecule has 1 aliphatic heterocycles. The smallest absolute Gasteiger partial charge is 0.269 e. The Morgan fingerprint density at radius 2 is 1.70 bits per heavy atom. The first kappa shape index (κ1) is 21.0. The first-order valence-corrected chi connectivity index (χ1v) is 10.9. The number of piperidine rings is 1. The Kier molecular flexibility index (Phi) is 5.96. The van der Waals surface area contributed by atoms with Crippen LogP contribution in [-0.2, 0) is 0 Å². The molecule has 5 nitrogen and oxygen atoms in total. The summed E-state index contributed by atoms with van der Waals surface area (Å²) in [5, 5.41) is 6.12. The molecule has 1 saturated heterocycles. The van der Waals surface area contributed by atoms with Gasteiger partial charge in [0.05, 0.1) is 21.4 Å². The maximum atomic E-state index is 11.7. The Morgan fingerprint density at radius 1 is 1.03 bits per heavy atom. The molecule has 4 rings (SSSR count). The molecule has 0 saturated carbocycles. The lowest BCUT2D eigenvalue weighted by atomic mass is 10.0. The summed E-state index contributed by atoms with van der Waals surface area (Å²) < 4.78 is 1.60. The van der Waals surface area contributed by atoms with Crippen LogP contribution in [0.3, 0.4) is 0 Å². The van der Waals surface area contributed by atoms with Crippen molar-refractivity contribution in [1.29, 1.82) is 0 Å². The third-order valence-corrected chi connectivity index (χ3v) is 6.37. The lowest BCUT2D eigenvalue weighted by molar-refractivity contribution is 0.0994. The van der Waals surface area contributed by atoms with Gasteiger partial charge in [-0.25, -0.2) is 4.68 Å². The van der Waals surface area contributed by atoms with Crippen molar-refractivity contribution >= 4 is 46.4 Å². The Balaban J connectivity index is 1.95. The number of carbonyl (C=O) groups excluding carboxylic acids is 1. The molecule has 2 N–H and O–H groups in total. The van der Waals surface area contributed by atoms with E-state index in [0.717, 1.165) is 42.7 Å². The van der Waals surface area contributed by atoms with Gasteiger partial charge in [-0.2, -0.15) is 5.10 Å². The number of hydrogen-bond donors (Lipinski definition) is 1. The van der Waals surface area contributed by atoms with Gasteiger partial charge in [-0.3, -0.25) is 4.79 Å². The van der Waals surface area contributed by atoms with Crippen molar-refractivity contribution in [3.05, 3.63) is 62.9 Å². The number of aryl methyl sites for hydroxylation is 1. The number of benzene rings is 2. The lowest BCUT2D eigenvalue weighted by Gasteiger charge is -2.31. The molecule has 1 amide bonds. The average molecular weight is 464 g/mol. The minimum absolute atomic E-state index is 0.216. The fourth-order valence-electron chi connectivity index (χ4n) is 3.84. The molecule has 8 heteroatoms. The second-order valence-corrected chi connectivity index (χ2v) is 8.64. The molecule has 2 aromatic carbocycles. The summed E-state index contributed by atoms with van der Waals surface area (Å²) in [6.45, 7) is 3.56. The average Bonchev–Trinajstić information content (AvgIpc) is 3.12. The van der Waals surface area contributed by atoms with Gasteiger partial charge in [-0.1, -0.05) is 46.9 Å². The zero-order chi connectivity index (χ0) is 21.4. The van der Waals surface area contributed by atoms with Gasteiger partial charge in [0.15, 0.2) is 5.69 Å². The van der Waals surface area contributed by atoms with Crippen molar-refractivity contribution < 1.29 is 4.79 Å². The summed E-state index contributed by atoms with van der Waals surface area (Å²) in [6.07, 6.45) is 5.11. The molecule has 30 heavy (non-hydrogen) atoms. The molecule has 2 heterocycles. The molecular formula is C22H21Cl3N4O. The first-order chi connectivity index (χ1) is 14.4. The van der Waals surface area contributed by atoms with Crippen LogP contribution in [0.2, 0.25) is 15.1 Å². The Hall–Kier alpha value is -2.21. The van der Waals surface area contributed by atoms with Gasteiger partial charge in [0, 0.05) is 35.4 Å². The van der Waals surface area contributed by atoms with E-state index in [1.165, 1.54) is 6.42 Å². The van der Waals surface area contributed by atoms with Crippen molar-refractivity contribution in [3.8, 4) is 16.8 Å². The van der Waals surface area contributed by atoms with E-state index in [2.05, 4.69) is 10.00 Å². The molecule has 0 atom stereocenters. The van der Waals surface area contributed by atoms with Crippen molar-refractivity contribution in [2.75, 3.05) is 18.0 Å². The number of anilines is 1. The topological polar surface area (TPSA) is 64.2 Å². The molecule has 3 aromatic rings. The third kappa shape index (κ3) is 3.89. The summed E-state index contributed by atoms with van der Waals surface area (Å²) in [4.78, 5) is 13.9. The maximum Gasteiger partial charge on any atom is 0.269 e. The molecule has 1 fully saturated rings. The number of amides is 1. The molecule has 156 valence electrons. The van der Waals surface area contributed by atoms with Gasteiger partial charge in [0.2, 0.25) is 0 Å². The van der Waals surface area contributed by atoms with Crippen LogP contribution in [0.15, 0.2) is 36.5 Å². The molecule has 0 radical (unpaired) electrons. The zero-order valence-corrected chi connectivity index (χ0v) is 18.7. The van der Waals surface area contributed by atoms with E-state index in [-0.39, 0.29) is 5.69 Å². The Bertz CT molecular complexity index is 1100. The summed E-state index contributed by atoms with van der Waals surface area (Å²) in [7, 11) is 0. The third-order valence-electron chi connectivity index (χ3n) is 5.36. The quantitative estimate of drug-likeness (QED) is 0.524. The highest BCUT2D eigenvalue weighted by atomic mass is 35.5. The maximum absolute atomic E-state index is 11.7. The van der Waals surface area contributed by atoms with Gasteiger partial charge >= 0.3 is 0 Å². The van der Waals surface area contributed by atoms with E-state index in [1.807, 2.05) is 30.3 Å². The van der Waals surface area contributed by atoms with E-state index in [9.17, 15) is 4.79 Å². The fourth-order valence-corrected chi connectivity index (χ4v) is 4.74. The Morgan fingerprint density at radius 3 is 2.30 bits per heavy atom. The summed E-state index contributed by atoms with van der Waals surface area (Å²) in [5.74, 6) is -0.578. The largest absolute Gasteiger partial charge is 0.369 e. The van der Waals surface area contributed by atoms with Crippen LogP contribution in [0.4, 0.5) is 5.69 Å². The number of rotatable bonds is 4. The highest BCUT2D eigenvalue weighted by Gasteiger charge is 2.24. The van der Waals surface area contributed by atoms with Gasteiger partial charge in [0.25, 0.3) is 5.91 Å². The van der Waals surface area contributed by atoms with Crippen LogP contribution in [0, 0.1) is 6.92 Å². The minimum Gasteiger partial charge on any atom is -0.369 e. The predicted octanol–water partition coefficient (Wildman–Crippen LogP) is 5.90. The number of halogens is 3. The van der Waals surface area contributed by atoms with Crippen molar-refractivity contribution in [3.63, 3.8) is 0 Å². The molecule has 1 aliphatic rings. The van der Waals surface area contributed by atoms with Crippen molar-refractivity contribution in [2.24, 2.45) is 5.73 Å². The molecular weight excluding hydrogens is 443 g/mol. The fraction of sp³-hybridized carbons (Fsp3) is 0.273. The van der Waals surface area contributed by atoms with E-state index >= 15 is 0 Å². The van der Waals surface area contributed by atoms with Gasteiger partial charge in [-0.05, 0) is 49.9 Å². The van der Waals surface area contributed by atoms with Crippen LogP contribution in [-0.4, -0.2) is 28.8 Å². The van der Waals surface area contributed by atoms with Crippen LogP contribution >= 0.6 is 34.8 Å². The highest BCUT2D eigenvalue weighted by molar-refractivity contribution is 6.42. The van der Waals surface area contributed by atoms with E-state index < -0.39 is 5.91 Å². The molecule has 0 spiro atoms. The van der Waals surface area contributed by atoms with Crippen molar-refractivity contribution in [2.45, 2.75) is 26.2 Å². The number of nitrogens with zero attached hydrogens (tertiary/aromatic N) is 3. The summed E-state index contributed by atoms with van der Waals surface area (Å²) >= 11 is 19.9. The van der Waals surface area contributed by atoms with Crippen LogP contribution in [0.25, 0.3) is 16.8 Å². The van der Waals surface area contributed by atoms with E-state index in [4.69, 9.17) is 40.5 Å². The minimum atomic E-state index is -0.578. The van der Waals surface area contributed by atoms with Crippen LogP contribution in [0.5, 0.6) is 0 Å². The van der Waals surface area contributed by atoms with Gasteiger partial charge < -0.3 is 10.6 Å². The standard InChI is InChI=1S/C22H21Cl3N4O/c1-13-12-29(27-20(13)22(26)30)17-11-16(14-5-7-15(23)8-6-14)18(24)21(19(17)25)28-9-3-2-4-10-28/h5-8,11-12H,2-4,9-10H2,1H3,(H2,26,30). The van der Waals surface area contributed by atoms with Gasteiger partial charge in [0.1, 0.15) is 0 Å². The van der Waals surface area contributed by atoms with Crippen LogP contribution < -0.4 is 10.6 Å². The number of hydrogen-bond acceptors (Lipinski definition) is 3. The highest BCUT2D eigenvalue weighted by Crippen LogP contribution is 2.45. The van der Waals surface area contributed by atoms with Crippen molar-refractivity contribution in [1.82, 2.24) is 9.78 Å². The number of primary amides is 1. The second kappa shape index (κ2) is 8.50. The molecule has 1 aromatic heterocycles. The van der Waals surface area contributed by atoms with E-state index in [1.54, 1.807) is 17.8 Å². The molecule has 0 unspecified atom stereocenters. The number of carbonyl (C=O) groups is 1. The summed E-state index contributed by atoms with van der Waals surface area (Å²) in [5.41, 5.74) is 9.52. The zero-order valence-electron chi connectivity index (χ0n) is 16.5.